The highest BCUT2D eigenvalue weighted by atomic mass is 79.9. The van der Waals surface area contributed by atoms with Gasteiger partial charge in [-0.25, -0.2) is 0 Å². The molecule has 0 saturated heterocycles. The fourth-order valence-corrected chi connectivity index (χ4v) is 4.00. The van der Waals surface area contributed by atoms with Crippen molar-refractivity contribution in [1.82, 2.24) is 10.6 Å². The molecule has 1 aliphatic rings. The zero-order valence-corrected chi connectivity index (χ0v) is 18.0. The maximum absolute atomic E-state index is 10.0. The number of aromatic hydroxyl groups is 1. The molecule has 0 radical (unpaired) electrons. The Balaban J connectivity index is 1.63. The van der Waals surface area contributed by atoms with Crippen LogP contribution in [0.3, 0.4) is 0 Å². The molecular weight excluding hydrogens is 422 g/mol. The summed E-state index contributed by atoms with van der Waals surface area (Å²) in [5.41, 5.74) is 2.41. The van der Waals surface area contributed by atoms with E-state index in [4.69, 9.17) is 9.47 Å². The Morgan fingerprint density at radius 1 is 1.14 bits per heavy atom. The predicted octanol–water partition coefficient (Wildman–Crippen LogP) is 3.57. The molecule has 0 heterocycles. The second-order valence-corrected chi connectivity index (χ2v) is 7.74. The molecule has 3 N–H and O–H groups in total. The molecule has 7 heteroatoms. The van der Waals surface area contributed by atoms with Gasteiger partial charge in [-0.3, -0.25) is 4.99 Å². The summed E-state index contributed by atoms with van der Waals surface area (Å²) in [6.45, 7) is 1.34. The third-order valence-electron chi connectivity index (χ3n) is 5.12. The summed E-state index contributed by atoms with van der Waals surface area (Å²) in [6.07, 6.45) is 2.32. The number of methoxy groups -OCH3 is 2. The van der Waals surface area contributed by atoms with Crippen molar-refractivity contribution in [1.29, 1.82) is 0 Å². The Morgan fingerprint density at radius 2 is 1.79 bits per heavy atom. The van der Waals surface area contributed by atoms with E-state index in [-0.39, 0.29) is 11.2 Å². The summed E-state index contributed by atoms with van der Waals surface area (Å²) in [5, 5.41) is 16.8. The summed E-state index contributed by atoms with van der Waals surface area (Å²) in [7, 11) is 4.79. The number of nitrogens with zero attached hydrogens (tertiary/aromatic N) is 1. The zero-order chi connectivity index (χ0) is 20.1. The second kappa shape index (κ2) is 8.73. The Labute approximate surface area is 174 Å². The Bertz CT molecular complexity index is 841. The van der Waals surface area contributed by atoms with Crippen LogP contribution >= 0.6 is 15.9 Å². The van der Waals surface area contributed by atoms with E-state index in [9.17, 15) is 5.11 Å². The highest BCUT2D eigenvalue weighted by Crippen LogP contribution is 2.49. The normalized spacial score (nSPS) is 15.1. The average Bonchev–Trinajstić information content (AvgIpc) is 3.50. The largest absolute Gasteiger partial charge is 0.502 e. The molecule has 1 saturated carbocycles. The van der Waals surface area contributed by atoms with E-state index < -0.39 is 0 Å². The average molecular weight is 448 g/mol. The van der Waals surface area contributed by atoms with Gasteiger partial charge in [0.1, 0.15) is 0 Å². The second-order valence-electron chi connectivity index (χ2n) is 6.89. The highest BCUT2D eigenvalue weighted by Gasteiger charge is 2.45. The van der Waals surface area contributed by atoms with Crippen molar-refractivity contribution in [2.45, 2.75) is 24.8 Å². The molecule has 0 unspecified atom stereocenters. The van der Waals surface area contributed by atoms with Gasteiger partial charge in [-0.15, -0.1) is 0 Å². The third kappa shape index (κ3) is 4.35. The molecule has 3 rings (SSSR count). The van der Waals surface area contributed by atoms with E-state index in [1.165, 1.54) is 19.8 Å². The van der Waals surface area contributed by atoms with Crippen LogP contribution < -0.4 is 20.1 Å². The Kier molecular flexibility index (Phi) is 6.34. The van der Waals surface area contributed by atoms with E-state index in [0.717, 1.165) is 35.4 Å². The van der Waals surface area contributed by atoms with Gasteiger partial charge in [0, 0.05) is 30.0 Å². The molecule has 0 spiro atoms. The first kappa shape index (κ1) is 20.3. The fraction of sp³-hybridized carbons (Fsp3) is 0.381. The number of nitrogens with one attached hydrogen (secondary N) is 2. The summed E-state index contributed by atoms with van der Waals surface area (Å²) in [6, 6.07) is 12.0. The molecular formula is C21H26BrN3O3. The molecule has 150 valence electrons. The quantitative estimate of drug-likeness (QED) is 0.446. The third-order valence-corrected chi connectivity index (χ3v) is 5.81. The molecule has 0 bridgehead atoms. The van der Waals surface area contributed by atoms with Gasteiger partial charge in [-0.05, 0) is 42.2 Å². The maximum atomic E-state index is 10.0. The van der Waals surface area contributed by atoms with Crippen LogP contribution in [0.4, 0.5) is 0 Å². The zero-order valence-electron chi connectivity index (χ0n) is 16.4. The van der Waals surface area contributed by atoms with Gasteiger partial charge in [-0.1, -0.05) is 34.1 Å². The fourth-order valence-electron chi connectivity index (χ4n) is 3.29. The number of benzene rings is 2. The van der Waals surface area contributed by atoms with Crippen molar-refractivity contribution in [3.63, 3.8) is 0 Å². The summed E-state index contributed by atoms with van der Waals surface area (Å²) < 4.78 is 11.6. The van der Waals surface area contributed by atoms with Gasteiger partial charge in [0.25, 0.3) is 0 Å². The van der Waals surface area contributed by atoms with E-state index in [1.54, 1.807) is 19.2 Å². The van der Waals surface area contributed by atoms with E-state index >= 15 is 0 Å². The minimum absolute atomic E-state index is 0.000343. The number of guanidine groups is 1. The number of aliphatic imine (C=N–C) groups is 1. The van der Waals surface area contributed by atoms with Gasteiger partial charge >= 0.3 is 0 Å². The Hall–Kier alpha value is -2.41. The van der Waals surface area contributed by atoms with Crippen LogP contribution in [0.25, 0.3) is 0 Å². The molecule has 2 aromatic rings. The number of ether oxygens (including phenoxy) is 2. The van der Waals surface area contributed by atoms with E-state index in [2.05, 4.69) is 49.8 Å². The Morgan fingerprint density at radius 3 is 2.32 bits per heavy atom. The van der Waals surface area contributed by atoms with Crippen LogP contribution in [0.1, 0.15) is 24.0 Å². The number of halogens is 1. The minimum Gasteiger partial charge on any atom is -0.502 e. The molecule has 0 amide bonds. The monoisotopic (exact) mass is 447 g/mol. The highest BCUT2D eigenvalue weighted by molar-refractivity contribution is 9.10. The van der Waals surface area contributed by atoms with Crippen LogP contribution in [0.15, 0.2) is 45.9 Å². The molecule has 1 aliphatic carbocycles. The maximum Gasteiger partial charge on any atom is 0.200 e. The number of rotatable bonds is 7. The molecule has 2 aromatic carbocycles. The van der Waals surface area contributed by atoms with Crippen molar-refractivity contribution < 1.29 is 14.6 Å². The van der Waals surface area contributed by atoms with Crippen LogP contribution in [-0.4, -0.2) is 38.9 Å². The lowest BCUT2D eigenvalue weighted by atomic mass is 9.96. The lowest BCUT2D eigenvalue weighted by molar-refractivity contribution is 0.339. The van der Waals surface area contributed by atoms with Gasteiger partial charge in [0.15, 0.2) is 17.5 Å². The lowest BCUT2D eigenvalue weighted by Crippen LogP contribution is -2.41. The first-order valence-corrected chi connectivity index (χ1v) is 9.95. The smallest absolute Gasteiger partial charge is 0.200 e. The van der Waals surface area contributed by atoms with Crippen LogP contribution in [0, 0.1) is 0 Å². The van der Waals surface area contributed by atoms with Gasteiger partial charge in [0.05, 0.1) is 14.2 Å². The van der Waals surface area contributed by atoms with Gasteiger partial charge in [-0.2, -0.15) is 0 Å². The number of hydrogen-bond acceptors (Lipinski definition) is 4. The standard InChI is InChI=1S/C21H26BrN3O3/c1-23-20(24-12-14-10-17(27-2)19(26)18(11-14)28-3)25-13-21(8-9-21)15-6-4-5-7-16(15)22/h4-7,10-11,26H,8-9,12-13H2,1-3H3,(H2,23,24,25). The first-order valence-electron chi connectivity index (χ1n) is 9.16. The number of phenols is 1. The van der Waals surface area contributed by atoms with E-state index in [0.29, 0.717) is 18.0 Å². The van der Waals surface area contributed by atoms with Gasteiger partial charge < -0.3 is 25.2 Å². The number of phenolic OH excluding ortho intramolecular Hbond substituents is 1. The lowest BCUT2D eigenvalue weighted by Gasteiger charge is -2.20. The molecule has 0 aliphatic heterocycles. The van der Waals surface area contributed by atoms with Crippen molar-refractivity contribution in [2.75, 3.05) is 27.8 Å². The molecule has 28 heavy (non-hydrogen) atoms. The van der Waals surface area contributed by atoms with Crippen molar-refractivity contribution >= 4 is 21.9 Å². The van der Waals surface area contributed by atoms with Crippen molar-refractivity contribution in [3.05, 3.63) is 52.0 Å². The van der Waals surface area contributed by atoms with Crippen molar-refractivity contribution in [3.8, 4) is 17.2 Å². The molecule has 0 aromatic heterocycles. The van der Waals surface area contributed by atoms with Gasteiger partial charge in [0.2, 0.25) is 5.75 Å². The summed E-state index contributed by atoms with van der Waals surface area (Å²) in [5.74, 6) is 1.49. The summed E-state index contributed by atoms with van der Waals surface area (Å²) >= 11 is 3.67. The van der Waals surface area contributed by atoms with Crippen LogP contribution in [0.2, 0.25) is 0 Å². The van der Waals surface area contributed by atoms with Crippen molar-refractivity contribution in [2.24, 2.45) is 4.99 Å². The van der Waals surface area contributed by atoms with Crippen LogP contribution in [-0.2, 0) is 12.0 Å². The number of hydrogen-bond donors (Lipinski definition) is 3. The molecule has 1 fully saturated rings. The SMILES string of the molecule is CN=C(NCc1cc(OC)c(O)c(OC)c1)NCC1(c2ccccc2Br)CC1. The topological polar surface area (TPSA) is 75.1 Å². The summed E-state index contributed by atoms with van der Waals surface area (Å²) in [4.78, 5) is 4.32. The minimum atomic E-state index is 0.000343. The molecule has 6 nitrogen and oxygen atoms in total. The van der Waals surface area contributed by atoms with Crippen LogP contribution in [0.5, 0.6) is 17.2 Å². The van der Waals surface area contributed by atoms with E-state index in [1.807, 2.05) is 6.07 Å². The first-order chi connectivity index (χ1) is 13.5. The molecule has 0 atom stereocenters. The predicted molar refractivity (Wildman–Crippen MR) is 114 cm³/mol.